The monoisotopic (exact) mass is 253 g/mol. The van der Waals surface area contributed by atoms with Crippen molar-refractivity contribution in [3.05, 3.63) is 0 Å². The zero-order valence-electron chi connectivity index (χ0n) is 12.3. The van der Waals surface area contributed by atoms with E-state index in [0.29, 0.717) is 0 Å². The highest BCUT2D eigenvalue weighted by atomic mass is 15.3. The topological polar surface area (TPSA) is 18.5 Å². The van der Waals surface area contributed by atoms with E-state index in [0.717, 1.165) is 12.0 Å². The van der Waals surface area contributed by atoms with Crippen molar-refractivity contribution in [2.45, 2.75) is 45.6 Å². The standard InChI is InChI=1S/C15H31N3/c1-3-17(4-2)13-15(14-7-5-6-8-14)18-11-9-16-10-12-18/h14-16H,3-13H2,1-2H3. The Morgan fingerprint density at radius 2 is 1.72 bits per heavy atom. The van der Waals surface area contributed by atoms with Crippen LogP contribution in [0, 0.1) is 5.92 Å². The van der Waals surface area contributed by atoms with Crippen molar-refractivity contribution in [2.75, 3.05) is 45.8 Å². The van der Waals surface area contributed by atoms with Crippen molar-refractivity contribution in [3.63, 3.8) is 0 Å². The van der Waals surface area contributed by atoms with Gasteiger partial charge in [-0.15, -0.1) is 0 Å². The normalized spacial score (nSPS) is 24.8. The van der Waals surface area contributed by atoms with Gasteiger partial charge in [0.2, 0.25) is 0 Å². The number of nitrogens with one attached hydrogen (secondary N) is 1. The van der Waals surface area contributed by atoms with E-state index in [4.69, 9.17) is 0 Å². The maximum absolute atomic E-state index is 3.49. The Morgan fingerprint density at radius 1 is 1.11 bits per heavy atom. The van der Waals surface area contributed by atoms with Crippen molar-refractivity contribution in [1.82, 2.24) is 15.1 Å². The van der Waals surface area contributed by atoms with E-state index in [9.17, 15) is 0 Å². The number of hydrogen-bond donors (Lipinski definition) is 1. The van der Waals surface area contributed by atoms with Crippen LogP contribution in [-0.2, 0) is 0 Å². The molecule has 106 valence electrons. The molecule has 1 unspecified atom stereocenters. The number of nitrogens with zero attached hydrogens (tertiary/aromatic N) is 2. The second-order valence-electron chi connectivity index (χ2n) is 5.88. The third-order valence-electron chi connectivity index (χ3n) is 4.90. The van der Waals surface area contributed by atoms with Gasteiger partial charge in [-0.05, 0) is 31.8 Å². The molecule has 0 aromatic carbocycles. The van der Waals surface area contributed by atoms with Gasteiger partial charge >= 0.3 is 0 Å². The molecule has 3 nitrogen and oxygen atoms in total. The smallest absolute Gasteiger partial charge is 0.0252 e. The molecule has 2 fully saturated rings. The van der Waals surface area contributed by atoms with Crippen LogP contribution in [0.25, 0.3) is 0 Å². The first-order valence-electron chi connectivity index (χ1n) is 8.02. The second-order valence-corrected chi connectivity index (χ2v) is 5.88. The summed E-state index contributed by atoms with van der Waals surface area (Å²) in [6.45, 7) is 13.2. The molecule has 0 spiro atoms. The van der Waals surface area contributed by atoms with Gasteiger partial charge in [0.05, 0.1) is 0 Å². The van der Waals surface area contributed by atoms with Crippen molar-refractivity contribution in [3.8, 4) is 0 Å². The molecule has 1 saturated heterocycles. The van der Waals surface area contributed by atoms with Crippen LogP contribution in [0.1, 0.15) is 39.5 Å². The summed E-state index contributed by atoms with van der Waals surface area (Å²) in [5.41, 5.74) is 0. The first kappa shape index (κ1) is 14.3. The molecular formula is C15H31N3. The molecule has 1 heterocycles. The largest absolute Gasteiger partial charge is 0.314 e. The predicted octanol–water partition coefficient (Wildman–Crippen LogP) is 1.79. The predicted molar refractivity (Wildman–Crippen MR) is 78.0 cm³/mol. The van der Waals surface area contributed by atoms with Crippen LogP contribution in [0.4, 0.5) is 0 Å². The van der Waals surface area contributed by atoms with Gasteiger partial charge in [-0.2, -0.15) is 0 Å². The Kier molecular flexibility index (Phi) is 5.93. The molecular weight excluding hydrogens is 222 g/mol. The average Bonchev–Trinajstić information content (AvgIpc) is 2.95. The zero-order chi connectivity index (χ0) is 12.8. The minimum absolute atomic E-state index is 0.814. The van der Waals surface area contributed by atoms with Gasteiger partial charge in [-0.1, -0.05) is 26.7 Å². The summed E-state index contributed by atoms with van der Waals surface area (Å²) in [5.74, 6) is 0.962. The van der Waals surface area contributed by atoms with Gasteiger partial charge in [-0.25, -0.2) is 0 Å². The average molecular weight is 253 g/mol. The highest BCUT2D eigenvalue weighted by Crippen LogP contribution is 2.31. The third kappa shape index (κ3) is 3.69. The Balaban J connectivity index is 1.96. The minimum Gasteiger partial charge on any atom is -0.314 e. The van der Waals surface area contributed by atoms with E-state index < -0.39 is 0 Å². The highest BCUT2D eigenvalue weighted by Gasteiger charge is 2.31. The fraction of sp³-hybridized carbons (Fsp3) is 1.00. The fourth-order valence-corrected chi connectivity index (χ4v) is 3.66. The van der Waals surface area contributed by atoms with E-state index in [1.165, 1.54) is 71.5 Å². The molecule has 1 saturated carbocycles. The van der Waals surface area contributed by atoms with Crippen molar-refractivity contribution >= 4 is 0 Å². The molecule has 2 aliphatic rings. The summed E-state index contributed by atoms with van der Waals surface area (Å²) in [4.78, 5) is 5.38. The van der Waals surface area contributed by atoms with Gasteiger partial charge in [-0.3, -0.25) is 4.90 Å². The summed E-state index contributed by atoms with van der Waals surface area (Å²) in [6, 6.07) is 0.814. The summed E-state index contributed by atoms with van der Waals surface area (Å²) in [6.07, 6.45) is 5.86. The molecule has 0 bridgehead atoms. The second kappa shape index (κ2) is 7.46. The number of likely N-dealkylation sites (N-methyl/N-ethyl adjacent to an activating group) is 1. The first-order valence-corrected chi connectivity index (χ1v) is 8.02. The molecule has 2 rings (SSSR count). The van der Waals surface area contributed by atoms with E-state index in [2.05, 4.69) is 29.0 Å². The molecule has 0 aromatic heterocycles. The maximum Gasteiger partial charge on any atom is 0.0252 e. The van der Waals surface area contributed by atoms with Gasteiger partial charge in [0, 0.05) is 38.8 Å². The van der Waals surface area contributed by atoms with E-state index in [-0.39, 0.29) is 0 Å². The third-order valence-corrected chi connectivity index (χ3v) is 4.90. The van der Waals surface area contributed by atoms with Gasteiger partial charge < -0.3 is 10.2 Å². The zero-order valence-corrected chi connectivity index (χ0v) is 12.3. The molecule has 1 aliphatic heterocycles. The van der Waals surface area contributed by atoms with Gasteiger partial charge in [0.1, 0.15) is 0 Å². The van der Waals surface area contributed by atoms with E-state index in [1.54, 1.807) is 0 Å². The summed E-state index contributed by atoms with van der Waals surface area (Å²) < 4.78 is 0. The number of hydrogen-bond acceptors (Lipinski definition) is 3. The quantitative estimate of drug-likeness (QED) is 0.778. The lowest BCUT2D eigenvalue weighted by Crippen LogP contribution is -2.54. The van der Waals surface area contributed by atoms with Crippen molar-refractivity contribution < 1.29 is 0 Å². The number of piperazine rings is 1. The molecule has 0 radical (unpaired) electrons. The molecule has 0 aromatic rings. The fourth-order valence-electron chi connectivity index (χ4n) is 3.66. The number of rotatable bonds is 6. The Bertz CT molecular complexity index is 216. The lowest BCUT2D eigenvalue weighted by molar-refractivity contribution is 0.0890. The lowest BCUT2D eigenvalue weighted by Gasteiger charge is -2.40. The molecule has 1 aliphatic carbocycles. The van der Waals surface area contributed by atoms with Crippen LogP contribution in [0.3, 0.4) is 0 Å². The van der Waals surface area contributed by atoms with Crippen LogP contribution in [0.15, 0.2) is 0 Å². The maximum atomic E-state index is 3.49. The SMILES string of the molecule is CCN(CC)CC(C1CCCC1)N1CCNCC1. The summed E-state index contributed by atoms with van der Waals surface area (Å²) >= 11 is 0. The molecule has 1 atom stereocenters. The van der Waals surface area contributed by atoms with Crippen LogP contribution >= 0.6 is 0 Å². The van der Waals surface area contributed by atoms with E-state index in [1.807, 2.05) is 0 Å². The molecule has 18 heavy (non-hydrogen) atoms. The highest BCUT2D eigenvalue weighted by molar-refractivity contribution is 4.87. The molecule has 1 N–H and O–H groups in total. The minimum atomic E-state index is 0.814. The van der Waals surface area contributed by atoms with Gasteiger partial charge in [0.25, 0.3) is 0 Å². The molecule has 0 amide bonds. The van der Waals surface area contributed by atoms with Crippen LogP contribution in [0.5, 0.6) is 0 Å². The van der Waals surface area contributed by atoms with Crippen molar-refractivity contribution in [1.29, 1.82) is 0 Å². The summed E-state index contributed by atoms with van der Waals surface area (Å²) in [7, 11) is 0. The first-order chi connectivity index (χ1) is 8.85. The Morgan fingerprint density at radius 3 is 2.28 bits per heavy atom. The van der Waals surface area contributed by atoms with E-state index >= 15 is 0 Å². The van der Waals surface area contributed by atoms with Crippen molar-refractivity contribution in [2.24, 2.45) is 5.92 Å². The summed E-state index contributed by atoms with van der Waals surface area (Å²) in [5, 5.41) is 3.49. The molecule has 3 heteroatoms. The van der Waals surface area contributed by atoms with Crippen LogP contribution in [0.2, 0.25) is 0 Å². The van der Waals surface area contributed by atoms with Gasteiger partial charge in [0.15, 0.2) is 0 Å². The Labute approximate surface area is 113 Å². The van der Waals surface area contributed by atoms with Crippen LogP contribution < -0.4 is 5.32 Å². The Hall–Kier alpha value is -0.120. The van der Waals surface area contributed by atoms with Crippen LogP contribution in [-0.4, -0.2) is 61.7 Å². The lowest BCUT2D eigenvalue weighted by atomic mass is 9.95.